The summed E-state index contributed by atoms with van der Waals surface area (Å²) < 4.78 is 0. The molecule has 0 bridgehead atoms. The molecule has 0 aliphatic heterocycles. The van der Waals surface area contributed by atoms with E-state index in [1.807, 2.05) is 6.07 Å². The summed E-state index contributed by atoms with van der Waals surface area (Å²) >= 11 is 0. The Morgan fingerprint density at radius 2 is 2.46 bits per heavy atom. The predicted octanol–water partition coefficient (Wildman–Crippen LogP) is 0.788. The number of aromatic nitrogens is 4. The van der Waals surface area contributed by atoms with Crippen molar-refractivity contribution in [2.45, 2.75) is 6.92 Å². The summed E-state index contributed by atoms with van der Waals surface area (Å²) in [6.07, 6.45) is 1.66. The minimum absolute atomic E-state index is 0.539. The predicted molar refractivity (Wildman–Crippen MR) is 46.7 cm³/mol. The van der Waals surface area contributed by atoms with Crippen LogP contribution < -0.4 is 4.84 Å². The average Bonchev–Trinajstić information content (AvgIpc) is 2.48. The fourth-order valence-electron chi connectivity index (χ4n) is 0.954. The molecule has 0 amide bonds. The molecule has 0 fully saturated rings. The molecule has 0 aliphatic carbocycles. The molecule has 0 aromatic carbocycles. The maximum Gasteiger partial charge on any atom is 0.220 e. The van der Waals surface area contributed by atoms with Crippen LogP contribution in [0.2, 0.25) is 0 Å². The van der Waals surface area contributed by atoms with Gasteiger partial charge in [-0.25, -0.2) is 4.98 Å². The van der Waals surface area contributed by atoms with E-state index in [0.29, 0.717) is 16.9 Å². The van der Waals surface area contributed by atoms with Gasteiger partial charge in [-0.2, -0.15) is 0 Å². The highest BCUT2D eigenvalue weighted by Gasteiger charge is 2.04. The van der Waals surface area contributed by atoms with Crippen molar-refractivity contribution in [1.82, 2.24) is 20.1 Å². The molecule has 0 radical (unpaired) electrons. The minimum atomic E-state index is 0.539. The Labute approximate surface area is 74.6 Å². The van der Waals surface area contributed by atoms with Gasteiger partial charge in [-0.15, -0.1) is 5.10 Å². The molecule has 2 heterocycles. The van der Waals surface area contributed by atoms with E-state index in [0.717, 1.165) is 0 Å². The van der Waals surface area contributed by atoms with E-state index in [-0.39, 0.29) is 0 Å². The van der Waals surface area contributed by atoms with Gasteiger partial charge in [0.1, 0.15) is 11.3 Å². The first kappa shape index (κ1) is 7.72. The van der Waals surface area contributed by atoms with Crippen molar-refractivity contribution >= 4 is 11.2 Å². The van der Waals surface area contributed by atoms with Gasteiger partial charge < -0.3 is 4.84 Å². The summed E-state index contributed by atoms with van der Waals surface area (Å²) in [6, 6.07) is 3.61. The van der Waals surface area contributed by atoms with Gasteiger partial charge in [0.25, 0.3) is 0 Å². The number of hydrogen-bond donors (Lipinski definition) is 0. The summed E-state index contributed by atoms with van der Waals surface area (Å²) in [5.41, 5.74) is 1.29. The Bertz CT molecular complexity index is 448. The Morgan fingerprint density at radius 3 is 3.23 bits per heavy atom. The molecule has 2 rings (SSSR count). The number of hydrogen-bond acceptors (Lipinski definition) is 4. The van der Waals surface area contributed by atoms with Crippen molar-refractivity contribution in [2.24, 2.45) is 0 Å². The zero-order chi connectivity index (χ0) is 9.26. The van der Waals surface area contributed by atoms with Crippen LogP contribution in [0.15, 0.2) is 30.7 Å². The molecule has 5 heteroatoms. The summed E-state index contributed by atoms with van der Waals surface area (Å²) in [5.74, 6) is 0.539. The molecule has 0 unspecified atom stereocenters. The highest BCUT2D eigenvalue weighted by Crippen LogP contribution is 2.04. The van der Waals surface area contributed by atoms with Crippen LogP contribution >= 0.6 is 0 Å². The zero-order valence-electron chi connectivity index (χ0n) is 7.14. The van der Waals surface area contributed by atoms with Crippen molar-refractivity contribution < 1.29 is 4.84 Å². The summed E-state index contributed by atoms with van der Waals surface area (Å²) in [7, 11) is 0. The second-order valence-electron chi connectivity index (χ2n) is 2.60. The molecule has 0 saturated heterocycles. The molecule has 66 valence electrons. The van der Waals surface area contributed by atoms with Crippen LogP contribution in [-0.2, 0) is 0 Å². The maximum absolute atomic E-state index is 5.15. The first-order valence-corrected chi connectivity index (χ1v) is 3.77. The molecule has 0 aliphatic rings. The lowest BCUT2D eigenvalue weighted by molar-refractivity contribution is 0.153. The van der Waals surface area contributed by atoms with Crippen molar-refractivity contribution in [2.75, 3.05) is 0 Å². The number of pyridine rings is 1. The van der Waals surface area contributed by atoms with E-state index in [1.165, 1.54) is 4.85 Å². The number of fused-ring (bicyclic) bond motifs is 1. The van der Waals surface area contributed by atoms with Crippen molar-refractivity contribution in [1.29, 1.82) is 0 Å². The van der Waals surface area contributed by atoms with Gasteiger partial charge in [0.15, 0.2) is 0 Å². The minimum Gasteiger partial charge on any atom is -0.360 e. The third-order valence-corrected chi connectivity index (χ3v) is 1.42. The van der Waals surface area contributed by atoms with Crippen molar-refractivity contribution in [3.05, 3.63) is 30.7 Å². The SMILES string of the molecule is C=C(C)On1nnc2cccnc21. The second kappa shape index (κ2) is 2.85. The zero-order valence-corrected chi connectivity index (χ0v) is 7.14. The Balaban J connectivity index is 2.51. The van der Waals surface area contributed by atoms with Gasteiger partial charge in [0, 0.05) is 6.20 Å². The highest BCUT2D eigenvalue weighted by atomic mass is 16.7. The summed E-state index contributed by atoms with van der Waals surface area (Å²) in [6.45, 7) is 5.33. The Morgan fingerprint density at radius 1 is 1.62 bits per heavy atom. The monoisotopic (exact) mass is 176 g/mol. The van der Waals surface area contributed by atoms with Gasteiger partial charge in [0.05, 0.1) is 0 Å². The van der Waals surface area contributed by atoms with Crippen molar-refractivity contribution in [3.63, 3.8) is 0 Å². The molecule has 0 spiro atoms. The lowest BCUT2D eigenvalue weighted by Crippen LogP contribution is -2.10. The first-order chi connectivity index (χ1) is 6.27. The topological polar surface area (TPSA) is 52.8 Å². The van der Waals surface area contributed by atoms with Gasteiger partial charge in [-0.05, 0) is 24.3 Å². The Hall–Kier alpha value is -1.91. The third-order valence-electron chi connectivity index (χ3n) is 1.42. The highest BCUT2D eigenvalue weighted by molar-refractivity contribution is 5.68. The van der Waals surface area contributed by atoms with E-state index in [2.05, 4.69) is 21.9 Å². The maximum atomic E-state index is 5.15. The molecule has 5 nitrogen and oxygen atoms in total. The molecular formula is C8H8N4O. The van der Waals surface area contributed by atoms with Crippen LogP contribution in [0, 0.1) is 0 Å². The Kier molecular flexibility index (Phi) is 1.70. The lowest BCUT2D eigenvalue weighted by Gasteiger charge is -2.00. The van der Waals surface area contributed by atoms with Gasteiger partial charge in [0.2, 0.25) is 5.65 Å². The van der Waals surface area contributed by atoms with Crippen LogP contribution in [0.3, 0.4) is 0 Å². The van der Waals surface area contributed by atoms with Crippen LogP contribution in [-0.4, -0.2) is 20.1 Å². The normalized spacial score (nSPS) is 10.2. The van der Waals surface area contributed by atoms with E-state index in [4.69, 9.17) is 4.84 Å². The van der Waals surface area contributed by atoms with Gasteiger partial charge in [-0.1, -0.05) is 11.4 Å². The van der Waals surface area contributed by atoms with Crippen LogP contribution in [0.5, 0.6) is 0 Å². The summed E-state index contributed by atoms with van der Waals surface area (Å²) in [4.78, 5) is 10.5. The van der Waals surface area contributed by atoms with Crippen molar-refractivity contribution in [3.8, 4) is 0 Å². The molecular weight excluding hydrogens is 168 g/mol. The molecule has 0 saturated carbocycles. The van der Waals surface area contributed by atoms with Gasteiger partial charge >= 0.3 is 0 Å². The second-order valence-corrected chi connectivity index (χ2v) is 2.60. The molecule has 13 heavy (non-hydrogen) atoms. The molecule has 0 N–H and O–H groups in total. The average molecular weight is 176 g/mol. The smallest absolute Gasteiger partial charge is 0.220 e. The standard InChI is InChI=1S/C8H8N4O/c1-6(2)13-12-8-7(10-11-12)4-3-5-9-8/h3-5H,1H2,2H3. The molecule has 2 aromatic rings. The van der Waals surface area contributed by atoms with Crippen LogP contribution in [0.25, 0.3) is 11.2 Å². The fourth-order valence-corrected chi connectivity index (χ4v) is 0.954. The number of nitrogens with zero attached hydrogens (tertiary/aromatic N) is 4. The van der Waals surface area contributed by atoms with E-state index in [9.17, 15) is 0 Å². The molecule has 0 atom stereocenters. The van der Waals surface area contributed by atoms with Gasteiger partial charge in [-0.3, -0.25) is 0 Å². The lowest BCUT2D eigenvalue weighted by atomic mass is 10.4. The van der Waals surface area contributed by atoms with Crippen LogP contribution in [0.4, 0.5) is 0 Å². The number of rotatable bonds is 2. The van der Waals surface area contributed by atoms with Crippen LogP contribution in [0.1, 0.15) is 6.92 Å². The van der Waals surface area contributed by atoms with E-state index < -0.39 is 0 Å². The quantitative estimate of drug-likeness (QED) is 0.635. The van der Waals surface area contributed by atoms with E-state index in [1.54, 1.807) is 19.2 Å². The summed E-state index contributed by atoms with van der Waals surface area (Å²) in [5, 5.41) is 7.61. The number of allylic oxidation sites excluding steroid dienone is 1. The fraction of sp³-hybridized carbons (Fsp3) is 0.125. The third kappa shape index (κ3) is 1.35. The molecule has 2 aromatic heterocycles. The first-order valence-electron chi connectivity index (χ1n) is 3.77. The van der Waals surface area contributed by atoms with E-state index >= 15 is 0 Å². The largest absolute Gasteiger partial charge is 0.360 e.